The van der Waals surface area contributed by atoms with E-state index in [0.717, 1.165) is 44.2 Å². The fourth-order valence-corrected chi connectivity index (χ4v) is 2.39. The van der Waals surface area contributed by atoms with E-state index in [4.69, 9.17) is 4.74 Å². The number of methoxy groups -OCH3 is 1. The van der Waals surface area contributed by atoms with Gasteiger partial charge in [-0.15, -0.1) is 0 Å². The van der Waals surface area contributed by atoms with Crippen LogP contribution in [0.5, 0.6) is 0 Å². The molecule has 0 aromatic heterocycles. The molecule has 7 nitrogen and oxygen atoms in total. The third kappa shape index (κ3) is 8.31. The van der Waals surface area contributed by atoms with Crippen LogP contribution in [0.25, 0.3) is 0 Å². The van der Waals surface area contributed by atoms with E-state index in [1.807, 2.05) is 24.3 Å². The Morgan fingerprint density at radius 3 is 2.38 bits per heavy atom. The van der Waals surface area contributed by atoms with E-state index in [0.29, 0.717) is 12.1 Å². The number of rotatable bonds is 10. The first kappa shape index (κ1) is 21.9. The summed E-state index contributed by atoms with van der Waals surface area (Å²) in [6.07, 6.45) is 1.03. The van der Waals surface area contributed by atoms with Crippen LogP contribution in [0.4, 0.5) is 0 Å². The molecule has 0 aliphatic carbocycles. The SMILES string of the molecule is CN=C(NCCN(C)CCCOC)NCc1ccc(C(=O)N(C)C)cc1. The lowest BCUT2D eigenvalue weighted by molar-refractivity contribution is 0.0827. The molecule has 0 spiro atoms. The summed E-state index contributed by atoms with van der Waals surface area (Å²) in [5.74, 6) is 0.778. The third-order valence-corrected chi connectivity index (χ3v) is 3.96. The molecule has 0 heterocycles. The summed E-state index contributed by atoms with van der Waals surface area (Å²) in [5, 5.41) is 6.60. The summed E-state index contributed by atoms with van der Waals surface area (Å²) in [7, 11) is 9.09. The number of benzene rings is 1. The average Bonchev–Trinajstić information content (AvgIpc) is 2.64. The van der Waals surface area contributed by atoms with Gasteiger partial charge in [0.15, 0.2) is 5.96 Å². The molecule has 0 aliphatic heterocycles. The highest BCUT2D eigenvalue weighted by Crippen LogP contribution is 2.06. The van der Waals surface area contributed by atoms with Crippen molar-refractivity contribution in [1.29, 1.82) is 0 Å². The van der Waals surface area contributed by atoms with E-state index in [2.05, 4.69) is 27.6 Å². The quantitative estimate of drug-likeness (QED) is 0.369. The highest BCUT2D eigenvalue weighted by molar-refractivity contribution is 5.93. The molecule has 0 radical (unpaired) electrons. The number of guanidine groups is 1. The van der Waals surface area contributed by atoms with Crippen LogP contribution < -0.4 is 10.6 Å². The molecule has 0 unspecified atom stereocenters. The van der Waals surface area contributed by atoms with E-state index in [1.165, 1.54) is 0 Å². The second kappa shape index (κ2) is 12.3. The fourth-order valence-electron chi connectivity index (χ4n) is 2.39. The molecule has 26 heavy (non-hydrogen) atoms. The first-order valence-corrected chi connectivity index (χ1v) is 8.90. The number of amides is 1. The van der Waals surface area contributed by atoms with Crippen LogP contribution in [0.2, 0.25) is 0 Å². The Morgan fingerprint density at radius 2 is 1.81 bits per heavy atom. The zero-order valence-electron chi connectivity index (χ0n) is 16.7. The van der Waals surface area contributed by atoms with Gasteiger partial charge in [-0.05, 0) is 31.2 Å². The van der Waals surface area contributed by atoms with Crippen molar-refractivity contribution in [3.8, 4) is 0 Å². The first-order valence-electron chi connectivity index (χ1n) is 8.90. The second-order valence-corrected chi connectivity index (χ2v) is 6.40. The maximum Gasteiger partial charge on any atom is 0.253 e. The minimum atomic E-state index is 0.0107. The van der Waals surface area contributed by atoms with Crippen LogP contribution in [0.1, 0.15) is 22.3 Å². The molecule has 146 valence electrons. The van der Waals surface area contributed by atoms with Crippen LogP contribution in [0, 0.1) is 0 Å². The van der Waals surface area contributed by atoms with Gasteiger partial charge in [0.05, 0.1) is 0 Å². The summed E-state index contributed by atoms with van der Waals surface area (Å²) in [6, 6.07) is 7.62. The molecule has 0 bridgehead atoms. The highest BCUT2D eigenvalue weighted by Gasteiger charge is 2.07. The number of aliphatic imine (C=N–C) groups is 1. The van der Waals surface area contributed by atoms with Gasteiger partial charge in [0.2, 0.25) is 0 Å². The predicted octanol–water partition coefficient (Wildman–Crippen LogP) is 1.02. The molecule has 1 amide bonds. The molecule has 0 atom stereocenters. The fraction of sp³-hybridized carbons (Fsp3) is 0.579. The van der Waals surface area contributed by atoms with Crippen LogP contribution in [-0.2, 0) is 11.3 Å². The van der Waals surface area contributed by atoms with E-state index >= 15 is 0 Å². The molecule has 1 aromatic rings. The summed E-state index contributed by atoms with van der Waals surface area (Å²) in [4.78, 5) is 20.0. The van der Waals surface area contributed by atoms with Crippen LogP contribution in [0.3, 0.4) is 0 Å². The van der Waals surface area contributed by atoms with Crippen molar-refractivity contribution >= 4 is 11.9 Å². The Morgan fingerprint density at radius 1 is 1.12 bits per heavy atom. The number of nitrogens with zero attached hydrogens (tertiary/aromatic N) is 3. The van der Waals surface area contributed by atoms with Crippen LogP contribution >= 0.6 is 0 Å². The van der Waals surface area contributed by atoms with Crippen molar-refractivity contribution in [2.45, 2.75) is 13.0 Å². The lowest BCUT2D eigenvalue weighted by atomic mass is 10.1. The number of hydrogen-bond acceptors (Lipinski definition) is 4. The molecule has 1 rings (SSSR count). The normalized spacial score (nSPS) is 11.5. The minimum Gasteiger partial charge on any atom is -0.385 e. The van der Waals surface area contributed by atoms with Crippen molar-refractivity contribution in [3.05, 3.63) is 35.4 Å². The number of ether oxygens (including phenoxy) is 1. The number of hydrogen-bond donors (Lipinski definition) is 2. The van der Waals surface area contributed by atoms with Crippen molar-refractivity contribution in [2.75, 3.05) is 61.5 Å². The average molecular weight is 364 g/mol. The van der Waals surface area contributed by atoms with Crippen molar-refractivity contribution in [3.63, 3.8) is 0 Å². The molecule has 0 aliphatic rings. The molecule has 7 heteroatoms. The molecule has 0 saturated carbocycles. The minimum absolute atomic E-state index is 0.0107. The van der Waals surface area contributed by atoms with Gasteiger partial charge in [-0.1, -0.05) is 12.1 Å². The van der Waals surface area contributed by atoms with Gasteiger partial charge in [-0.2, -0.15) is 0 Å². The summed E-state index contributed by atoms with van der Waals surface area (Å²) < 4.78 is 5.07. The number of nitrogens with one attached hydrogen (secondary N) is 2. The van der Waals surface area contributed by atoms with Crippen molar-refractivity contribution in [2.24, 2.45) is 4.99 Å². The van der Waals surface area contributed by atoms with E-state index < -0.39 is 0 Å². The van der Waals surface area contributed by atoms with Crippen molar-refractivity contribution in [1.82, 2.24) is 20.4 Å². The lowest BCUT2D eigenvalue weighted by Crippen LogP contribution is -2.40. The monoisotopic (exact) mass is 363 g/mol. The zero-order valence-corrected chi connectivity index (χ0v) is 16.7. The molecular weight excluding hydrogens is 330 g/mol. The van der Waals surface area contributed by atoms with Gasteiger partial charge in [0.25, 0.3) is 5.91 Å². The van der Waals surface area contributed by atoms with E-state index in [-0.39, 0.29) is 5.91 Å². The van der Waals surface area contributed by atoms with Crippen LogP contribution in [0.15, 0.2) is 29.3 Å². The lowest BCUT2D eigenvalue weighted by Gasteiger charge is -2.18. The summed E-state index contributed by atoms with van der Waals surface area (Å²) in [6.45, 7) is 4.21. The molecular formula is C19H33N5O2. The Hall–Kier alpha value is -2.12. The van der Waals surface area contributed by atoms with Gasteiger partial charge in [-0.25, -0.2) is 0 Å². The number of carbonyl (C=O) groups excluding carboxylic acids is 1. The zero-order chi connectivity index (χ0) is 19.4. The smallest absolute Gasteiger partial charge is 0.253 e. The molecule has 2 N–H and O–H groups in total. The number of likely N-dealkylation sites (N-methyl/N-ethyl adjacent to an activating group) is 1. The Kier molecular flexibility index (Phi) is 10.3. The van der Waals surface area contributed by atoms with Crippen LogP contribution in [-0.4, -0.2) is 83.2 Å². The largest absolute Gasteiger partial charge is 0.385 e. The summed E-state index contributed by atoms with van der Waals surface area (Å²) >= 11 is 0. The van der Waals surface area contributed by atoms with Crippen molar-refractivity contribution < 1.29 is 9.53 Å². The predicted molar refractivity (Wildman–Crippen MR) is 107 cm³/mol. The topological polar surface area (TPSA) is 69.2 Å². The Labute approximate surface area is 157 Å². The van der Waals surface area contributed by atoms with Gasteiger partial charge in [0.1, 0.15) is 0 Å². The van der Waals surface area contributed by atoms with E-state index in [1.54, 1.807) is 33.2 Å². The molecule has 0 fully saturated rings. The second-order valence-electron chi connectivity index (χ2n) is 6.40. The Balaban J connectivity index is 2.34. The van der Waals surface area contributed by atoms with E-state index in [9.17, 15) is 4.79 Å². The van der Waals surface area contributed by atoms with Gasteiger partial charge in [-0.3, -0.25) is 9.79 Å². The first-order chi connectivity index (χ1) is 12.5. The van der Waals surface area contributed by atoms with Gasteiger partial charge in [0, 0.05) is 66.6 Å². The molecule has 1 aromatic carbocycles. The van der Waals surface area contributed by atoms with Gasteiger partial charge >= 0.3 is 0 Å². The molecule has 0 saturated heterocycles. The number of carbonyl (C=O) groups is 1. The highest BCUT2D eigenvalue weighted by atomic mass is 16.5. The Bertz CT molecular complexity index is 558. The summed E-state index contributed by atoms with van der Waals surface area (Å²) in [5.41, 5.74) is 1.79. The third-order valence-electron chi connectivity index (χ3n) is 3.96. The van der Waals surface area contributed by atoms with Gasteiger partial charge < -0.3 is 25.2 Å². The maximum absolute atomic E-state index is 11.9. The maximum atomic E-state index is 11.9. The standard InChI is InChI=1S/C19H33N5O2/c1-20-19(21-11-13-24(4)12-6-14-26-5)22-15-16-7-9-17(10-8-16)18(25)23(2)3/h7-10H,6,11-15H2,1-5H3,(H2,20,21,22).